The monoisotopic (exact) mass is 470 g/mol. The lowest BCUT2D eigenvalue weighted by molar-refractivity contribution is -0.138. The molecule has 0 aliphatic heterocycles. The van der Waals surface area contributed by atoms with Crippen LogP contribution in [0.4, 0.5) is 0 Å². The van der Waals surface area contributed by atoms with Gasteiger partial charge in [-0.2, -0.15) is 4.72 Å². The zero-order chi connectivity index (χ0) is 23.8. The number of carboxylic acids is 1. The number of hydrogen-bond acceptors (Lipinski definition) is 4. The van der Waals surface area contributed by atoms with Crippen molar-refractivity contribution >= 4 is 26.9 Å². The van der Waals surface area contributed by atoms with E-state index in [1.807, 2.05) is 44.3 Å². The van der Waals surface area contributed by atoms with Gasteiger partial charge >= 0.3 is 5.97 Å². The molecule has 3 rings (SSSR count). The van der Waals surface area contributed by atoms with Crippen LogP contribution in [0.5, 0.6) is 5.75 Å². The number of carboxylic acid groups (broad SMARTS) is 1. The van der Waals surface area contributed by atoms with Crippen LogP contribution >= 0.6 is 0 Å². The summed E-state index contributed by atoms with van der Waals surface area (Å²) in [6.45, 7) is 4.49. The van der Waals surface area contributed by atoms with Gasteiger partial charge in [-0.05, 0) is 55.0 Å². The summed E-state index contributed by atoms with van der Waals surface area (Å²) in [5.74, 6) is -0.534. The fourth-order valence-corrected chi connectivity index (χ4v) is 4.92. The Morgan fingerprint density at radius 3 is 2.55 bits per heavy atom. The number of aromatic amines is 1. The summed E-state index contributed by atoms with van der Waals surface area (Å²) in [6.07, 6.45) is 3.77. The van der Waals surface area contributed by atoms with Gasteiger partial charge in [0.05, 0.1) is 6.61 Å². The van der Waals surface area contributed by atoms with E-state index in [-0.39, 0.29) is 6.42 Å². The SMILES string of the molecule is CCCOc1ccc(CC(NS(=O)(=O)C=C(CC)Cc2c[nH]c3ccccc23)C(=O)O)cc1. The largest absolute Gasteiger partial charge is 0.494 e. The number of para-hydroxylation sites is 1. The smallest absolute Gasteiger partial charge is 0.322 e. The topological polar surface area (TPSA) is 108 Å². The van der Waals surface area contributed by atoms with Crippen molar-refractivity contribution in [3.05, 3.63) is 76.8 Å². The number of hydrogen-bond donors (Lipinski definition) is 3. The first kappa shape index (κ1) is 24.5. The van der Waals surface area contributed by atoms with Crippen LogP contribution in [0, 0.1) is 0 Å². The maximum absolute atomic E-state index is 12.8. The van der Waals surface area contributed by atoms with E-state index < -0.39 is 22.0 Å². The van der Waals surface area contributed by atoms with Crippen LogP contribution in [0.1, 0.15) is 37.8 Å². The first-order chi connectivity index (χ1) is 15.8. The van der Waals surface area contributed by atoms with Crippen molar-refractivity contribution in [1.29, 1.82) is 0 Å². The molecule has 0 amide bonds. The van der Waals surface area contributed by atoms with E-state index in [1.54, 1.807) is 24.3 Å². The number of allylic oxidation sites excluding steroid dienone is 1. The maximum atomic E-state index is 12.8. The second-order valence-corrected chi connectivity index (χ2v) is 9.48. The zero-order valence-electron chi connectivity index (χ0n) is 18.9. The highest BCUT2D eigenvalue weighted by Gasteiger charge is 2.23. The molecule has 2 aromatic carbocycles. The molecule has 0 spiro atoms. The third-order valence-corrected chi connectivity index (χ3v) is 6.57. The minimum absolute atomic E-state index is 0.0281. The van der Waals surface area contributed by atoms with Crippen molar-refractivity contribution in [2.24, 2.45) is 0 Å². The van der Waals surface area contributed by atoms with Crippen molar-refractivity contribution in [2.45, 2.75) is 45.6 Å². The van der Waals surface area contributed by atoms with E-state index in [9.17, 15) is 18.3 Å². The van der Waals surface area contributed by atoms with E-state index >= 15 is 0 Å². The predicted molar refractivity (Wildman–Crippen MR) is 130 cm³/mol. The van der Waals surface area contributed by atoms with Crippen molar-refractivity contribution < 1.29 is 23.1 Å². The summed E-state index contributed by atoms with van der Waals surface area (Å²) in [5, 5.41) is 11.8. The number of nitrogens with one attached hydrogen (secondary N) is 2. The average Bonchev–Trinajstić information content (AvgIpc) is 3.20. The van der Waals surface area contributed by atoms with Gasteiger partial charge < -0.3 is 14.8 Å². The number of benzene rings is 2. The molecule has 1 unspecified atom stereocenters. The van der Waals surface area contributed by atoms with Gasteiger partial charge in [-0.25, -0.2) is 8.42 Å². The second kappa shape index (κ2) is 11.2. The summed E-state index contributed by atoms with van der Waals surface area (Å²) in [7, 11) is -3.96. The fourth-order valence-electron chi connectivity index (χ4n) is 3.58. The van der Waals surface area contributed by atoms with Gasteiger partial charge in [0.25, 0.3) is 0 Å². The first-order valence-corrected chi connectivity index (χ1v) is 12.6. The highest BCUT2D eigenvalue weighted by molar-refractivity contribution is 7.92. The summed E-state index contributed by atoms with van der Waals surface area (Å²) < 4.78 is 33.4. The number of sulfonamides is 1. The number of aliphatic carboxylic acids is 1. The Morgan fingerprint density at radius 1 is 1.15 bits per heavy atom. The molecule has 3 N–H and O–H groups in total. The molecule has 0 aliphatic carbocycles. The molecule has 0 fully saturated rings. The molecule has 0 saturated carbocycles. The van der Waals surface area contributed by atoms with Crippen LogP contribution in [-0.4, -0.2) is 37.1 Å². The third kappa shape index (κ3) is 6.94. The molecule has 8 heteroatoms. The van der Waals surface area contributed by atoms with Crippen LogP contribution in [-0.2, 0) is 27.7 Å². The number of carbonyl (C=O) groups is 1. The number of H-pyrrole nitrogens is 1. The second-order valence-electron chi connectivity index (χ2n) is 7.92. The summed E-state index contributed by atoms with van der Waals surface area (Å²) >= 11 is 0. The molecule has 1 heterocycles. The standard InChI is InChI=1S/C25H30N2O5S/c1-3-13-32-21-11-9-19(10-12-21)15-24(25(28)29)27-33(30,31)17-18(4-2)14-20-16-26-23-8-6-5-7-22(20)23/h5-12,16-17,24,26-27H,3-4,13-15H2,1-2H3,(H,28,29). The molecule has 7 nitrogen and oxygen atoms in total. The van der Waals surface area contributed by atoms with E-state index in [0.717, 1.165) is 28.3 Å². The Labute approximate surface area is 194 Å². The Bertz CT molecular complexity index is 1210. The minimum atomic E-state index is -3.96. The summed E-state index contributed by atoms with van der Waals surface area (Å²) in [6, 6.07) is 13.6. The lowest BCUT2D eigenvalue weighted by Gasteiger charge is -2.15. The molecule has 1 atom stereocenters. The number of fused-ring (bicyclic) bond motifs is 1. The van der Waals surface area contributed by atoms with E-state index in [1.165, 1.54) is 0 Å². The van der Waals surface area contributed by atoms with Gasteiger partial charge in [0.2, 0.25) is 10.0 Å². The molecule has 0 bridgehead atoms. The van der Waals surface area contributed by atoms with Crippen LogP contribution in [0.3, 0.4) is 0 Å². The Hall–Kier alpha value is -3.10. The molecular weight excluding hydrogens is 440 g/mol. The van der Waals surface area contributed by atoms with Gasteiger partial charge in [0, 0.05) is 22.5 Å². The van der Waals surface area contributed by atoms with Crippen LogP contribution in [0.15, 0.2) is 65.7 Å². The number of ether oxygens (including phenoxy) is 1. The highest BCUT2D eigenvalue weighted by atomic mass is 32.2. The van der Waals surface area contributed by atoms with Gasteiger partial charge in [-0.3, -0.25) is 4.79 Å². The van der Waals surface area contributed by atoms with Gasteiger partial charge in [-0.15, -0.1) is 0 Å². The first-order valence-electron chi connectivity index (χ1n) is 11.0. The Kier molecular flexibility index (Phi) is 8.30. The van der Waals surface area contributed by atoms with E-state index in [4.69, 9.17) is 4.74 Å². The third-order valence-electron chi connectivity index (χ3n) is 5.31. The lowest BCUT2D eigenvalue weighted by atomic mass is 10.0. The van der Waals surface area contributed by atoms with Crippen LogP contribution in [0.2, 0.25) is 0 Å². The fraction of sp³-hybridized carbons (Fsp3) is 0.320. The van der Waals surface area contributed by atoms with E-state index in [0.29, 0.717) is 36.3 Å². The van der Waals surface area contributed by atoms with Crippen molar-refractivity contribution in [2.75, 3.05) is 6.61 Å². The number of aromatic nitrogens is 1. The number of rotatable bonds is 12. The lowest BCUT2D eigenvalue weighted by Crippen LogP contribution is -2.41. The maximum Gasteiger partial charge on any atom is 0.322 e. The summed E-state index contributed by atoms with van der Waals surface area (Å²) in [4.78, 5) is 15.0. The minimum Gasteiger partial charge on any atom is -0.494 e. The Balaban J connectivity index is 1.72. The average molecular weight is 471 g/mol. The molecule has 3 aromatic rings. The molecule has 0 radical (unpaired) electrons. The highest BCUT2D eigenvalue weighted by Crippen LogP contribution is 2.22. The molecular formula is C25H30N2O5S. The van der Waals surface area contributed by atoms with Crippen molar-refractivity contribution in [3.8, 4) is 5.75 Å². The van der Waals surface area contributed by atoms with E-state index in [2.05, 4.69) is 9.71 Å². The van der Waals surface area contributed by atoms with Crippen LogP contribution < -0.4 is 9.46 Å². The van der Waals surface area contributed by atoms with Crippen LogP contribution in [0.25, 0.3) is 10.9 Å². The van der Waals surface area contributed by atoms with Crippen molar-refractivity contribution in [1.82, 2.24) is 9.71 Å². The Morgan fingerprint density at radius 2 is 1.88 bits per heavy atom. The molecule has 176 valence electrons. The van der Waals surface area contributed by atoms with Gasteiger partial charge in [-0.1, -0.05) is 49.8 Å². The normalized spacial score (nSPS) is 13.2. The van der Waals surface area contributed by atoms with Gasteiger partial charge in [0.15, 0.2) is 0 Å². The molecule has 0 aliphatic rings. The van der Waals surface area contributed by atoms with Crippen molar-refractivity contribution in [3.63, 3.8) is 0 Å². The molecule has 1 aromatic heterocycles. The molecule has 33 heavy (non-hydrogen) atoms. The zero-order valence-corrected chi connectivity index (χ0v) is 19.7. The summed E-state index contributed by atoms with van der Waals surface area (Å²) in [5.41, 5.74) is 3.37. The quantitative estimate of drug-likeness (QED) is 0.363. The predicted octanol–water partition coefficient (Wildman–Crippen LogP) is 4.41. The molecule has 0 saturated heterocycles. The van der Waals surface area contributed by atoms with Gasteiger partial charge in [0.1, 0.15) is 11.8 Å².